The number of aromatic nitrogens is 2. The average molecular weight is 247 g/mol. The number of nitrogens with zero attached hydrogens (tertiary/aromatic N) is 2. The normalized spacial score (nSPS) is 11.4. The molecule has 0 bridgehead atoms. The van der Waals surface area contributed by atoms with Crippen molar-refractivity contribution < 1.29 is 17.9 Å². The number of rotatable bonds is 4. The number of methoxy groups -OCH3 is 1. The lowest BCUT2D eigenvalue weighted by Gasteiger charge is -2.03. The molecule has 90 valence electrons. The van der Waals surface area contributed by atoms with Crippen LogP contribution in [0.2, 0.25) is 0 Å². The predicted molar refractivity (Wildman–Crippen MR) is 55.1 cm³/mol. The van der Waals surface area contributed by atoms with E-state index in [0.717, 1.165) is 0 Å². The maximum Gasteiger partial charge on any atom is 0.320 e. The van der Waals surface area contributed by atoms with Crippen molar-refractivity contribution in [3.05, 3.63) is 11.9 Å². The molecule has 0 saturated heterocycles. The maximum absolute atomic E-state index is 11.7. The predicted octanol–water partition coefficient (Wildman–Crippen LogP) is -0.820. The number of hydrogen-bond donors (Lipinski definition) is 1. The quantitative estimate of drug-likeness (QED) is 0.702. The Balaban J connectivity index is 2.86. The largest absolute Gasteiger partial charge is 0.468 e. The standard InChI is InChI=1S/C8H13N3O4S/c1-6-7(5-11(2)10-6)16(13,14)9-4-8(12)15-3/h5,9H,4H2,1-3H3. The van der Waals surface area contributed by atoms with Gasteiger partial charge in [-0.05, 0) is 6.92 Å². The van der Waals surface area contributed by atoms with Gasteiger partial charge in [0.2, 0.25) is 10.0 Å². The van der Waals surface area contributed by atoms with Crippen LogP contribution in [-0.2, 0) is 26.6 Å². The zero-order valence-electron chi connectivity index (χ0n) is 9.22. The Bertz CT molecular complexity index is 491. The molecule has 1 rings (SSSR count). The van der Waals surface area contributed by atoms with Crippen LogP contribution in [0.25, 0.3) is 0 Å². The molecule has 0 aliphatic carbocycles. The molecule has 0 aliphatic rings. The van der Waals surface area contributed by atoms with Crippen LogP contribution in [0.1, 0.15) is 5.69 Å². The van der Waals surface area contributed by atoms with E-state index in [1.807, 2.05) is 0 Å². The molecule has 0 fully saturated rings. The van der Waals surface area contributed by atoms with E-state index >= 15 is 0 Å². The SMILES string of the molecule is COC(=O)CNS(=O)(=O)c1cn(C)nc1C. The minimum Gasteiger partial charge on any atom is -0.468 e. The van der Waals surface area contributed by atoms with Gasteiger partial charge in [0.15, 0.2) is 0 Å². The van der Waals surface area contributed by atoms with Crippen LogP contribution in [-0.4, -0.2) is 37.8 Å². The first-order valence-electron chi connectivity index (χ1n) is 4.43. The summed E-state index contributed by atoms with van der Waals surface area (Å²) in [5.41, 5.74) is 0.375. The zero-order chi connectivity index (χ0) is 12.3. The summed E-state index contributed by atoms with van der Waals surface area (Å²) in [6, 6.07) is 0. The summed E-state index contributed by atoms with van der Waals surface area (Å²) in [5.74, 6) is -0.648. The third-order valence-corrected chi connectivity index (χ3v) is 3.40. The van der Waals surface area contributed by atoms with Gasteiger partial charge in [-0.15, -0.1) is 0 Å². The highest BCUT2D eigenvalue weighted by atomic mass is 32.2. The summed E-state index contributed by atoms with van der Waals surface area (Å²) in [6.45, 7) is 1.18. The lowest BCUT2D eigenvalue weighted by atomic mass is 10.5. The summed E-state index contributed by atoms with van der Waals surface area (Å²) in [7, 11) is -0.906. The highest BCUT2D eigenvalue weighted by Crippen LogP contribution is 2.11. The molecule has 1 N–H and O–H groups in total. The number of carbonyl (C=O) groups is 1. The van der Waals surface area contributed by atoms with Gasteiger partial charge in [-0.25, -0.2) is 8.42 Å². The number of aryl methyl sites for hydroxylation is 2. The van der Waals surface area contributed by atoms with E-state index in [9.17, 15) is 13.2 Å². The summed E-state index contributed by atoms with van der Waals surface area (Å²) in [6.07, 6.45) is 1.37. The Morgan fingerprint density at radius 2 is 2.25 bits per heavy atom. The van der Waals surface area contributed by atoms with Crippen molar-refractivity contribution in [1.82, 2.24) is 14.5 Å². The van der Waals surface area contributed by atoms with Crippen molar-refractivity contribution in [2.75, 3.05) is 13.7 Å². The molecule has 0 spiro atoms. The molecule has 8 heteroatoms. The topological polar surface area (TPSA) is 90.3 Å². The second-order valence-electron chi connectivity index (χ2n) is 3.15. The number of nitrogens with one attached hydrogen (secondary N) is 1. The summed E-state index contributed by atoms with van der Waals surface area (Å²) in [4.78, 5) is 10.9. The molecule has 0 aromatic carbocycles. The number of carbonyl (C=O) groups excluding carboxylic acids is 1. The highest BCUT2D eigenvalue weighted by Gasteiger charge is 2.20. The molecular formula is C8H13N3O4S. The molecule has 1 aromatic rings. The number of esters is 1. The number of hydrogen-bond acceptors (Lipinski definition) is 5. The second-order valence-corrected chi connectivity index (χ2v) is 4.89. The first-order chi connectivity index (χ1) is 7.36. The van der Waals surface area contributed by atoms with E-state index in [2.05, 4.69) is 14.6 Å². The van der Waals surface area contributed by atoms with Gasteiger partial charge in [0.05, 0.1) is 12.8 Å². The van der Waals surface area contributed by atoms with E-state index in [4.69, 9.17) is 0 Å². The van der Waals surface area contributed by atoms with Crippen LogP contribution < -0.4 is 4.72 Å². The van der Waals surface area contributed by atoms with Crippen LogP contribution in [0.4, 0.5) is 0 Å². The highest BCUT2D eigenvalue weighted by molar-refractivity contribution is 7.89. The van der Waals surface area contributed by atoms with E-state index in [0.29, 0.717) is 5.69 Å². The van der Waals surface area contributed by atoms with Gasteiger partial charge in [-0.1, -0.05) is 0 Å². The van der Waals surface area contributed by atoms with Gasteiger partial charge >= 0.3 is 5.97 Å². The number of sulfonamides is 1. The zero-order valence-corrected chi connectivity index (χ0v) is 10.0. The molecule has 0 unspecified atom stereocenters. The molecule has 16 heavy (non-hydrogen) atoms. The van der Waals surface area contributed by atoms with E-state index in [1.165, 1.54) is 18.0 Å². The van der Waals surface area contributed by atoms with Crippen molar-refractivity contribution in [2.24, 2.45) is 7.05 Å². The molecule has 1 heterocycles. The van der Waals surface area contributed by atoms with Gasteiger partial charge in [-0.3, -0.25) is 9.48 Å². The van der Waals surface area contributed by atoms with Crippen molar-refractivity contribution in [3.8, 4) is 0 Å². The molecular weight excluding hydrogens is 234 g/mol. The van der Waals surface area contributed by atoms with Gasteiger partial charge in [0.25, 0.3) is 0 Å². The number of ether oxygens (including phenoxy) is 1. The fraction of sp³-hybridized carbons (Fsp3) is 0.500. The maximum atomic E-state index is 11.7. The van der Waals surface area contributed by atoms with Crippen LogP contribution in [0.15, 0.2) is 11.1 Å². The Labute approximate surface area is 93.4 Å². The summed E-state index contributed by atoms with van der Waals surface area (Å²) < 4.78 is 31.3. The third-order valence-electron chi connectivity index (χ3n) is 1.89. The Kier molecular flexibility index (Phi) is 3.66. The van der Waals surface area contributed by atoms with E-state index in [1.54, 1.807) is 14.0 Å². The molecule has 0 atom stereocenters. The molecule has 7 nitrogen and oxygen atoms in total. The van der Waals surface area contributed by atoms with Crippen molar-refractivity contribution in [2.45, 2.75) is 11.8 Å². The van der Waals surface area contributed by atoms with Crippen molar-refractivity contribution in [3.63, 3.8) is 0 Å². The molecule has 0 aliphatic heterocycles. The summed E-state index contributed by atoms with van der Waals surface area (Å²) >= 11 is 0. The third kappa shape index (κ3) is 2.80. The monoisotopic (exact) mass is 247 g/mol. The van der Waals surface area contributed by atoms with Crippen molar-refractivity contribution in [1.29, 1.82) is 0 Å². The van der Waals surface area contributed by atoms with Crippen LogP contribution in [0, 0.1) is 6.92 Å². The molecule has 1 aromatic heterocycles. The van der Waals surface area contributed by atoms with Gasteiger partial charge in [0, 0.05) is 13.2 Å². The molecule has 0 amide bonds. The van der Waals surface area contributed by atoms with Crippen LogP contribution >= 0.6 is 0 Å². The first-order valence-corrected chi connectivity index (χ1v) is 5.92. The van der Waals surface area contributed by atoms with Crippen molar-refractivity contribution >= 4 is 16.0 Å². The molecule has 0 saturated carbocycles. The summed E-state index contributed by atoms with van der Waals surface area (Å²) in [5, 5.41) is 3.91. The second kappa shape index (κ2) is 4.62. The lowest BCUT2D eigenvalue weighted by Crippen LogP contribution is -2.30. The minimum atomic E-state index is -3.71. The smallest absolute Gasteiger partial charge is 0.320 e. The minimum absolute atomic E-state index is 0.0545. The first kappa shape index (κ1) is 12.7. The Morgan fingerprint density at radius 1 is 1.62 bits per heavy atom. The lowest BCUT2D eigenvalue weighted by molar-refractivity contribution is -0.139. The van der Waals surface area contributed by atoms with E-state index in [-0.39, 0.29) is 4.90 Å². The van der Waals surface area contributed by atoms with E-state index < -0.39 is 22.5 Å². The molecule has 0 radical (unpaired) electrons. The van der Waals surface area contributed by atoms with Crippen LogP contribution in [0.5, 0.6) is 0 Å². The van der Waals surface area contributed by atoms with Gasteiger partial charge in [0.1, 0.15) is 11.4 Å². The Hall–Kier alpha value is -1.41. The fourth-order valence-electron chi connectivity index (χ4n) is 1.15. The van der Waals surface area contributed by atoms with Gasteiger partial charge in [-0.2, -0.15) is 9.82 Å². The van der Waals surface area contributed by atoms with Gasteiger partial charge < -0.3 is 4.74 Å². The van der Waals surface area contributed by atoms with Crippen LogP contribution in [0.3, 0.4) is 0 Å². The Morgan fingerprint density at radius 3 is 2.69 bits per heavy atom. The fourth-order valence-corrected chi connectivity index (χ4v) is 2.33. The average Bonchev–Trinajstić information content (AvgIpc) is 2.55.